The number of aryl methyl sites for hydroxylation is 1. The van der Waals surface area contributed by atoms with Gasteiger partial charge in [0.1, 0.15) is 11.9 Å². The molecular formula is C18H22N4O3. The molecular weight excluding hydrogens is 320 g/mol. The second-order valence-corrected chi connectivity index (χ2v) is 6.56. The molecule has 4 heterocycles. The molecule has 2 fully saturated rings. The minimum absolute atomic E-state index is 0.0262. The van der Waals surface area contributed by atoms with Gasteiger partial charge >= 0.3 is 0 Å². The second kappa shape index (κ2) is 6.74. The van der Waals surface area contributed by atoms with Crippen molar-refractivity contribution in [1.29, 1.82) is 0 Å². The van der Waals surface area contributed by atoms with Gasteiger partial charge in [0.15, 0.2) is 23.7 Å². The third-order valence-corrected chi connectivity index (χ3v) is 4.83. The highest BCUT2D eigenvalue weighted by molar-refractivity contribution is 5.93. The van der Waals surface area contributed by atoms with Gasteiger partial charge in [-0.3, -0.25) is 4.79 Å². The van der Waals surface area contributed by atoms with Crippen LogP contribution in [0.15, 0.2) is 29.1 Å². The molecule has 0 radical (unpaired) electrons. The largest absolute Gasteiger partial charge is 0.485 e. The van der Waals surface area contributed by atoms with Gasteiger partial charge in [0.25, 0.3) is 5.91 Å². The number of amides is 1. The van der Waals surface area contributed by atoms with E-state index in [9.17, 15) is 4.79 Å². The maximum Gasteiger partial charge on any atom is 0.276 e. The van der Waals surface area contributed by atoms with Gasteiger partial charge in [-0.05, 0) is 31.9 Å². The quantitative estimate of drug-likeness (QED) is 0.849. The molecule has 2 saturated heterocycles. The molecule has 4 rings (SSSR count). The van der Waals surface area contributed by atoms with E-state index in [1.807, 2.05) is 12.1 Å². The Morgan fingerprint density at radius 1 is 1.28 bits per heavy atom. The van der Waals surface area contributed by atoms with Crippen molar-refractivity contribution in [2.45, 2.75) is 32.3 Å². The van der Waals surface area contributed by atoms with E-state index in [1.165, 1.54) is 19.2 Å². The standard InChI is InChI=1S/C18H22N4O3/c1-13-16(20-12-24-13)18(23)22-10-6-14(11-22)25-15-5-4-7-19-17(15)21-8-2-3-9-21/h4-5,7,12,14H,2-3,6,8-11H2,1H3/t14-/m1/s1. The fourth-order valence-electron chi connectivity index (χ4n) is 3.49. The maximum absolute atomic E-state index is 12.5. The fourth-order valence-corrected chi connectivity index (χ4v) is 3.49. The molecule has 0 bridgehead atoms. The van der Waals surface area contributed by atoms with Crippen molar-refractivity contribution in [1.82, 2.24) is 14.9 Å². The SMILES string of the molecule is Cc1ocnc1C(=O)N1CC[C@@H](Oc2cccnc2N2CCCC2)C1. The van der Waals surface area contributed by atoms with Gasteiger partial charge in [-0.25, -0.2) is 9.97 Å². The van der Waals surface area contributed by atoms with Gasteiger partial charge in [-0.1, -0.05) is 0 Å². The number of carbonyl (C=O) groups is 1. The summed E-state index contributed by atoms with van der Waals surface area (Å²) in [5.41, 5.74) is 0.389. The normalized spacial score (nSPS) is 20.3. The lowest BCUT2D eigenvalue weighted by atomic mass is 10.3. The van der Waals surface area contributed by atoms with Gasteiger partial charge in [-0.15, -0.1) is 0 Å². The summed E-state index contributed by atoms with van der Waals surface area (Å²) in [5, 5.41) is 0. The maximum atomic E-state index is 12.5. The van der Waals surface area contributed by atoms with Crippen LogP contribution >= 0.6 is 0 Å². The van der Waals surface area contributed by atoms with E-state index in [-0.39, 0.29) is 12.0 Å². The van der Waals surface area contributed by atoms with Crippen molar-refractivity contribution < 1.29 is 13.9 Å². The van der Waals surface area contributed by atoms with Crippen LogP contribution in [0.3, 0.4) is 0 Å². The van der Waals surface area contributed by atoms with Crippen molar-refractivity contribution in [3.05, 3.63) is 36.2 Å². The van der Waals surface area contributed by atoms with Crippen LogP contribution in [0.1, 0.15) is 35.5 Å². The number of hydrogen-bond acceptors (Lipinski definition) is 6. The number of nitrogens with zero attached hydrogens (tertiary/aromatic N) is 4. The molecule has 2 aliphatic heterocycles. The number of anilines is 1. The lowest BCUT2D eigenvalue weighted by Crippen LogP contribution is -2.31. The number of pyridine rings is 1. The zero-order valence-electron chi connectivity index (χ0n) is 14.4. The number of oxazole rings is 1. The summed E-state index contributed by atoms with van der Waals surface area (Å²) >= 11 is 0. The first-order valence-corrected chi connectivity index (χ1v) is 8.78. The van der Waals surface area contributed by atoms with Gasteiger partial charge in [0.05, 0.1) is 6.54 Å². The number of ether oxygens (including phenoxy) is 1. The molecule has 0 spiro atoms. The van der Waals surface area contributed by atoms with Crippen LogP contribution in [0.4, 0.5) is 5.82 Å². The third kappa shape index (κ3) is 3.18. The molecule has 2 aromatic heterocycles. The molecule has 132 valence electrons. The Labute approximate surface area is 146 Å². The predicted molar refractivity (Wildman–Crippen MR) is 91.9 cm³/mol. The lowest BCUT2D eigenvalue weighted by molar-refractivity contribution is 0.0765. The van der Waals surface area contributed by atoms with Gasteiger partial charge in [0, 0.05) is 32.3 Å². The van der Waals surface area contributed by atoms with E-state index in [1.54, 1.807) is 18.0 Å². The molecule has 0 N–H and O–H groups in total. The molecule has 7 nitrogen and oxygen atoms in total. The Bertz CT molecular complexity index is 754. The van der Waals surface area contributed by atoms with E-state index in [0.29, 0.717) is 24.5 Å². The van der Waals surface area contributed by atoms with Crippen LogP contribution < -0.4 is 9.64 Å². The highest BCUT2D eigenvalue weighted by Gasteiger charge is 2.31. The Morgan fingerprint density at radius 3 is 2.88 bits per heavy atom. The summed E-state index contributed by atoms with van der Waals surface area (Å²) in [6, 6.07) is 3.86. The van der Waals surface area contributed by atoms with Crippen LogP contribution in [-0.2, 0) is 0 Å². The average Bonchev–Trinajstić information content (AvgIpc) is 3.36. The summed E-state index contributed by atoms with van der Waals surface area (Å²) < 4.78 is 11.3. The Morgan fingerprint density at radius 2 is 2.12 bits per heavy atom. The molecule has 0 unspecified atom stereocenters. The molecule has 1 amide bonds. The Balaban J connectivity index is 1.43. The van der Waals surface area contributed by atoms with E-state index in [2.05, 4.69) is 14.9 Å². The number of aromatic nitrogens is 2. The predicted octanol–water partition coefficient (Wildman–Crippen LogP) is 2.27. The second-order valence-electron chi connectivity index (χ2n) is 6.56. The molecule has 0 aromatic carbocycles. The van der Waals surface area contributed by atoms with Crippen molar-refractivity contribution in [2.75, 3.05) is 31.1 Å². The minimum Gasteiger partial charge on any atom is -0.485 e. The summed E-state index contributed by atoms with van der Waals surface area (Å²) in [7, 11) is 0. The van der Waals surface area contributed by atoms with E-state index in [4.69, 9.17) is 9.15 Å². The monoisotopic (exact) mass is 342 g/mol. The van der Waals surface area contributed by atoms with Crippen LogP contribution in [0.2, 0.25) is 0 Å². The van der Waals surface area contributed by atoms with Crippen LogP contribution in [-0.4, -0.2) is 53.1 Å². The highest BCUT2D eigenvalue weighted by Crippen LogP contribution is 2.30. The van der Waals surface area contributed by atoms with Crippen LogP contribution in [0.5, 0.6) is 5.75 Å². The first-order chi connectivity index (χ1) is 12.2. The van der Waals surface area contributed by atoms with Crippen LogP contribution in [0.25, 0.3) is 0 Å². The molecule has 7 heteroatoms. The van der Waals surface area contributed by atoms with Crippen molar-refractivity contribution in [3.63, 3.8) is 0 Å². The Kier molecular flexibility index (Phi) is 4.29. The van der Waals surface area contributed by atoms with Gasteiger partial charge < -0.3 is 19.0 Å². The molecule has 25 heavy (non-hydrogen) atoms. The summed E-state index contributed by atoms with van der Waals surface area (Å²) in [4.78, 5) is 25.1. The van der Waals surface area contributed by atoms with E-state index < -0.39 is 0 Å². The lowest BCUT2D eigenvalue weighted by Gasteiger charge is -2.22. The smallest absolute Gasteiger partial charge is 0.276 e. The number of rotatable bonds is 4. The molecule has 1 atom stereocenters. The zero-order chi connectivity index (χ0) is 17.2. The van der Waals surface area contributed by atoms with Crippen molar-refractivity contribution >= 4 is 11.7 Å². The fraction of sp³-hybridized carbons (Fsp3) is 0.500. The number of carbonyl (C=O) groups excluding carboxylic acids is 1. The average molecular weight is 342 g/mol. The van der Waals surface area contributed by atoms with Crippen molar-refractivity contribution in [2.24, 2.45) is 0 Å². The number of likely N-dealkylation sites (tertiary alicyclic amines) is 1. The first kappa shape index (κ1) is 15.9. The first-order valence-electron chi connectivity index (χ1n) is 8.78. The summed E-state index contributed by atoms with van der Waals surface area (Å²) in [5.74, 6) is 2.18. The van der Waals surface area contributed by atoms with E-state index >= 15 is 0 Å². The van der Waals surface area contributed by atoms with Gasteiger partial charge in [-0.2, -0.15) is 0 Å². The minimum atomic E-state index is -0.0942. The Hall–Kier alpha value is -2.57. The highest BCUT2D eigenvalue weighted by atomic mass is 16.5. The van der Waals surface area contributed by atoms with Gasteiger partial charge in [0.2, 0.25) is 0 Å². The molecule has 0 saturated carbocycles. The van der Waals surface area contributed by atoms with Crippen LogP contribution in [0, 0.1) is 6.92 Å². The summed E-state index contributed by atoms with van der Waals surface area (Å²) in [6.07, 6.45) is 6.28. The summed E-state index contributed by atoms with van der Waals surface area (Å²) in [6.45, 7) is 5.01. The van der Waals surface area contributed by atoms with Crippen molar-refractivity contribution in [3.8, 4) is 5.75 Å². The number of hydrogen-bond donors (Lipinski definition) is 0. The molecule has 2 aromatic rings. The molecule has 2 aliphatic rings. The third-order valence-electron chi connectivity index (χ3n) is 4.83. The van der Waals surface area contributed by atoms with E-state index in [0.717, 1.165) is 31.1 Å². The topological polar surface area (TPSA) is 71.7 Å². The molecule has 0 aliphatic carbocycles. The zero-order valence-corrected chi connectivity index (χ0v) is 14.4.